The lowest BCUT2D eigenvalue weighted by Crippen LogP contribution is -2.35. The maximum absolute atomic E-state index is 13.3. The number of benzene rings is 2. The number of aromatic hydroxyl groups is 1. The molecule has 0 radical (unpaired) electrons. The molecule has 29 heavy (non-hydrogen) atoms. The van der Waals surface area contributed by atoms with Gasteiger partial charge >= 0.3 is 10.2 Å². The predicted octanol–water partition coefficient (Wildman–Crippen LogP) is 3.99. The molecule has 0 unspecified atom stereocenters. The van der Waals surface area contributed by atoms with E-state index < -0.39 is 21.9 Å². The van der Waals surface area contributed by atoms with Gasteiger partial charge in [0.1, 0.15) is 11.5 Å². The molecule has 0 aliphatic carbocycles. The number of rotatable bonds is 3. The van der Waals surface area contributed by atoms with Gasteiger partial charge in [0.2, 0.25) is 0 Å². The zero-order chi connectivity index (χ0) is 21.5. The normalized spacial score (nSPS) is 15.6. The standard InChI is InChI=1S/C17H11Cl3FN3O4S/c1-24-15(17(26)22-9-2-3-13(21)10(18)6-9)7-14(23-29(24,27)28)8-4-11(19)16(25)12(20)5-8/h2-7,25H,1H3,(H,22,26). The molecule has 0 spiro atoms. The van der Waals surface area contributed by atoms with Gasteiger partial charge in [0.05, 0.1) is 20.8 Å². The van der Waals surface area contributed by atoms with Gasteiger partial charge in [-0.2, -0.15) is 8.42 Å². The minimum absolute atomic E-state index is 0.116. The highest BCUT2D eigenvalue weighted by atomic mass is 35.5. The molecule has 1 amide bonds. The van der Waals surface area contributed by atoms with Crippen LogP contribution in [0.25, 0.3) is 0 Å². The molecule has 0 aromatic heterocycles. The molecule has 0 saturated heterocycles. The lowest BCUT2D eigenvalue weighted by atomic mass is 10.1. The Morgan fingerprint density at radius 1 is 1.14 bits per heavy atom. The number of allylic oxidation sites excluding steroid dienone is 1. The van der Waals surface area contributed by atoms with Crippen LogP contribution in [0.15, 0.2) is 46.5 Å². The summed E-state index contributed by atoms with van der Waals surface area (Å²) in [7, 11) is -3.09. The van der Waals surface area contributed by atoms with Crippen molar-refractivity contribution in [2.75, 3.05) is 12.4 Å². The molecular formula is C17H11Cl3FN3O4S. The maximum Gasteiger partial charge on any atom is 0.345 e. The fourth-order valence-electron chi connectivity index (χ4n) is 2.38. The first kappa shape index (κ1) is 21.4. The minimum atomic E-state index is -4.24. The molecule has 3 rings (SSSR count). The third-order valence-corrected chi connectivity index (χ3v) is 6.08. The van der Waals surface area contributed by atoms with Crippen LogP contribution in [0, 0.1) is 5.82 Å². The number of hydrogen-bond donors (Lipinski definition) is 2. The Morgan fingerprint density at radius 3 is 2.34 bits per heavy atom. The fourth-order valence-corrected chi connectivity index (χ4v) is 3.96. The number of anilines is 1. The first-order valence-electron chi connectivity index (χ1n) is 7.75. The molecule has 1 aliphatic rings. The Hall–Kier alpha value is -2.33. The topological polar surface area (TPSA) is 99.1 Å². The number of nitrogens with zero attached hydrogens (tertiary/aromatic N) is 2. The molecule has 0 fully saturated rings. The molecule has 7 nitrogen and oxygen atoms in total. The van der Waals surface area contributed by atoms with Gasteiger partial charge < -0.3 is 10.4 Å². The molecule has 2 aromatic carbocycles. The number of carbonyl (C=O) groups excluding carboxylic acids is 1. The van der Waals surface area contributed by atoms with E-state index in [0.29, 0.717) is 4.31 Å². The number of phenols is 1. The Kier molecular flexibility index (Phi) is 5.77. The molecule has 1 aliphatic heterocycles. The van der Waals surface area contributed by atoms with Gasteiger partial charge in [-0.1, -0.05) is 34.8 Å². The van der Waals surface area contributed by atoms with Crippen molar-refractivity contribution in [3.05, 3.63) is 68.6 Å². The molecule has 0 bridgehead atoms. The number of hydrogen-bond acceptors (Lipinski definition) is 4. The summed E-state index contributed by atoms with van der Waals surface area (Å²) in [5.74, 6) is -1.84. The quantitative estimate of drug-likeness (QED) is 0.697. The number of halogens is 4. The summed E-state index contributed by atoms with van der Waals surface area (Å²) in [5.41, 5.74) is -0.0533. The molecule has 1 heterocycles. The van der Waals surface area contributed by atoms with Crippen molar-refractivity contribution in [3.8, 4) is 5.75 Å². The van der Waals surface area contributed by atoms with Gasteiger partial charge in [-0.15, -0.1) is 4.40 Å². The van der Waals surface area contributed by atoms with E-state index >= 15 is 0 Å². The highest BCUT2D eigenvalue weighted by Gasteiger charge is 2.30. The second-order valence-corrected chi connectivity index (χ2v) is 8.67. The van der Waals surface area contributed by atoms with Crippen LogP contribution < -0.4 is 5.32 Å². The molecule has 152 valence electrons. The Labute approximate surface area is 180 Å². The summed E-state index contributed by atoms with van der Waals surface area (Å²) in [4.78, 5) is 12.7. The van der Waals surface area contributed by atoms with E-state index in [4.69, 9.17) is 34.8 Å². The summed E-state index contributed by atoms with van der Waals surface area (Å²) >= 11 is 17.4. The van der Waals surface area contributed by atoms with Crippen LogP contribution in [0.3, 0.4) is 0 Å². The predicted molar refractivity (Wildman–Crippen MR) is 109 cm³/mol. The van der Waals surface area contributed by atoms with Crippen molar-refractivity contribution in [3.63, 3.8) is 0 Å². The van der Waals surface area contributed by atoms with Crippen molar-refractivity contribution in [2.24, 2.45) is 4.40 Å². The van der Waals surface area contributed by atoms with E-state index in [1.165, 1.54) is 30.3 Å². The van der Waals surface area contributed by atoms with Crippen molar-refractivity contribution in [1.29, 1.82) is 0 Å². The van der Waals surface area contributed by atoms with Crippen molar-refractivity contribution in [2.45, 2.75) is 0 Å². The Morgan fingerprint density at radius 2 is 1.76 bits per heavy atom. The van der Waals surface area contributed by atoms with Gasteiger partial charge in [-0.05, 0) is 36.4 Å². The van der Waals surface area contributed by atoms with Gasteiger partial charge in [0.15, 0.2) is 5.75 Å². The van der Waals surface area contributed by atoms with Crippen LogP contribution in [-0.4, -0.2) is 36.5 Å². The SMILES string of the molecule is CN1C(C(=O)Nc2ccc(F)c(Cl)c2)=CC(c2cc(Cl)c(O)c(Cl)c2)=NS1(=O)=O. The third-order valence-electron chi connectivity index (χ3n) is 3.90. The van der Waals surface area contributed by atoms with Crippen LogP contribution in [-0.2, 0) is 15.0 Å². The van der Waals surface area contributed by atoms with Crippen LogP contribution >= 0.6 is 34.8 Å². The third kappa shape index (κ3) is 4.32. The number of phenolic OH excluding ortho intramolecular Hbond substituents is 1. The van der Waals surface area contributed by atoms with E-state index in [9.17, 15) is 22.7 Å². The molecule has 12 heteroatoms. The summed E-state index contributed by atoms with van der Waals surface area (Å²) in [6, 6.07) is 6.02. The van der Waals surface area contributed by atoms with Gasteiger partial charge in [-0.25, -0.2) is 8.70 Å². The maximum atomic E-state index is 13.3. The first-order chi connectivity index (χ1) is 13.5. The number of nitrogens with one attached hydrogen (secondary N) is 1. The molecule has 2 N–H and O–H groups in total. The lowest BCUT2D eigenvalue weighted by molar-refractivity contribution is -0.113. The van der Waals surface area contributed by atoms with Crippen molar-refractivity contribution in [1.82, 2.24) is 4.31 Å². The van der Waals surface area contributed by atoms with Crippen LogP contribution in [0.5, 0.6) is 5.75 Å². The Bertz CT molecular complexity index is 1180. The summed E-state index contributed by atoms with van der Waals surface area (Å²) in [6.45, 7) is 0. The average molecular weight is 479 g/mol. The van der Waals surface area contributed by atoms with Gasteiger partial charge in [0, 0.05) is 18.3 Å². The van der Waals surface area contributed by atoms with Crippen molar-refractivity contribution >= 4 is 62.3 Å². The lowest BCUT2D eigenvalue weighted by Gasteiger charge is -2.23. The summed E-state index contributed by atoms with van der Waals surface area (Å²) < 4.78 is 42.4. The van der Waals surface area contributed by atoms with E-state index in [0.717, 1.165) is 13.1 Å². The molecule has 0 saturated carbocycles. The number of amides is 1. The number of likely N-dealkylation sites (N-methyl/N-ethyl adjacent to an activating group) is 1. The van der Waals surface area contributed by atoms with E-state index in [1.54, 1.807) is 0 Å². The molecular weight excluding hydrogens is 468 g/mol. The summed E-state index contributed by atoms with van der Waals surface area (Å²) in [6.07, 6.45) is 1.21. The number of carbonyl (C=O) groups is 1. The fraction of sp³-hybridized carbons (Fsp3) is 0.0588. The van der Waals surface area contributed by atoms with E-state index in [1.807, 2.05) is 0 Å². The highest BCUT2D eigenvalue weighted by Crippen LogP contribution is 2.34. The largest absolute Gasteiger partial charge is 0.505 e. The smallest absolute Gasteiger partial charge is 0.345 e. The second-order valence-electron chi connectivity index (χ2n) is 5.82. The van der Waals surface area contributed by atoms with Gasteiger partial charge in [0.25, 0.3) is 5.91 Å². The van der Waals surface area contributed by atoms with Crippen LogP contribution in [0.4, 0.5) is 10.1 Å². The second kappa shape index (κ2) is 7.83. The molecule has 0 atom stereocenters. The first-order valence-corrected chi connectivity index (χ1v) is 10.3. The highest BCUT2D eigenvalue weighted by molar-refractivity contribution is 7.88. The summed E-state index contributed by atoms with van der Waals surface area (Å²) in [5, 5.41) is 11.7. The Balaban J connectivity index is 2.02. The van der Waals surface area contributed by atoms with Gasteiger partial charge in [-0.3, -0.25) is 4.79 Å². The van der Waals surface area contributed by atoms with Crippen molar-refractivity contribution < 1.29 is 22.7 Å². The van der Waals surface area contributed by atoms with Crippen LogP contribution in [0.1, 0.15) is 5.56 Å². The minimum Gasteiger partial charge on any atom is -0.505 e. The zero-order valence-corrected chi connectivity index (χ0v) is 17.5. The monoisotopic (exact) mass is 477 g/mol. The van der Waals surface area contributed by atoms with Crippen LogP contribution in [0.2, 0.25) is 15.1 Å². The van der Waals surface area contributed by atoms with E-state index in [-0.39, 0.29) is 43.5 Å². The van der Waals surface area contributed by atoms with E-state index in [2.05, 4.69) is 9.71 Å². The average Bonchev–Trinajstić information content (AvgIpc) is 2.64. The zero-order valence-electron chi connectivity index (χ0n) is 14.5. The molecule has 2 aromatic rings.